The van der Waals surface area contributed by atoms with Gasteiger partial charge in [-0.25, -0.2) is 4.98 Å². The molecule has 1 amide bonds. The van der Waals surface area contributed by atoms with Gasteiger partial charge in [-0.05, 0) is 47.7 Å². The van der Waals surface area contributed by atoms with E-state index in [1.54, 1.807) is 0 Å². The number of imidazole rings is 1. The maximum absolute atomic E-state index is 13.9. The van der Waals surface area contributed by atoms with E-state index in [1.807, 2.05) is 45.7 Å². The number of benzene rings is 2. The van der Waals surface area contributed by atoms with Gasteiger partial charge >= 0.3 is 5.97 Å². The summed E-state index contributed by atoms with van der Waals surface area (Å²) < 4.78 is 13.4. The van der Waals surface area contributed by atoms with Crippen LogP contribution in [0.5, 0.6) is 5.75 Å². The molecule has 1 N–H and O–H groups in total. The number of anilines is 1. The number of fused-ring (bicyclic) bond motifs is 2. The zero-order chi connectivity index (χ0) is 28.3. The Morgan fingerprint density at radius 3 is 2.68 bits per heavy atom. The molecule has 1 aromatic heterocycles. The molecule has 4 heterocycles. The average Bonchev–Trinajstić information content (AvgIpc) is 3.32. The zero-order valence-corrected chi connectivity index (χ0v) is 23.6. The summed E-state index contributed by atoms with van der Waals surface area (Å²) in [7, 11) is 1.86. The molecular weight excluding hydrogens is 522 g/mol. The average molecular weight is 560 g/mol. The lowest BCUT2D eigenvalue weighted by atomic mass is 9.92. The van der Waals surface area contributed by atoms with Crippen LogP contribution in [0.2, 0.25) is 0 Å². The number of hydrogen-bond donors (Lipinski definition) is 1. The summed E-state index contributed by atoms with van der Waals surface area (Å²) in [4.78, 5) is 36.0. The molecule has 3 aliphatic rings. The van der Waals surface area contributed by atoms with E-state index >= 15 is 0 Å². The number of carboxylic acids is 1. The second kappa shape index (κ2) is 12.0. The SMILES string of the molecule is Cn1c(C(=O)N2CCCc3c(-c4cccc(OCCN5CCOCC5)c4)cccc32)nc2c1CN(CC(=O)O)CC2. The molecule has 0 radical (unpaired) electrons. The van der Waals surface area contributed by atoms with Crippen molar-refractivity contribution in [2.75, 3.05) is 64.0 Å². The van der Waals surface area contributed by atoms with Crippen LogP contribution in [-0.2, 0) is 36.0 Å². The first-order valence-electron chi connectivity index (χ1n) is 14.4. The number of rotatable bonds is 8. The van der Waals surface area contributed by atoms with Gasteiger partial charge in [-0.15, -0.1) is 0 Å². The first-order chi connectivity index (χ1) is 20.0. The summed E-state index contributed by atoms with van der Waals surface area (Å²) in [5.74, 6) is 0.274. The Bertz CT molecular complexity index is 1430. The van der Waals surface area contributed by atoms with E-state index in [2.05, 4.69) is 23.1 Å². The van der Waals surface area contributed by atoms with Gasteiger partial charge in [-0.1, -0.05) is 24.3 Å². The number of aromatic nitrogens is 2. The highest BCUT2D eigenvalue weighted by molar-refractivity contribution is 6.05. The minimum Gasteiger partial charge on any atom is -0.492 e. The van der Waals surface area contributed by atoms with Gasteiger partial charge in [0.1, 0.15) is 12.4 Å². The van der Waals surface area contributed by atoms with Gasteiger partial charge in [-0.2, -0.15) is 0 Å². The lowest BCUT2D eigenvalue weighted by molar-refractivity contribution is -0.138. The summed E-state index contributed by atoms with van der Waals surface area (Å²) in [6.07, 6.45) is 2.38. The number of amides is 1. The van der Waals surface area contributed by atoms with Crippen LogP contribution >= 0.6 is 0 Å². The van der Waals surface area contributed by atoms with Crippen LogP contribution in [0.15, 0.2) is 42.5 Å². The van der Waals surface area contributed by atoms with Crippen molar-refractivity contribution < 1.29 is 24.2 Å². The van der Waals surface area contributed by atoms with Gasteiger partial charge < -0.3 is 24.0 Å². The maximum Gasteiger partial charge on any atom is 0.317 e. The molecule has 0 saturated carbocycles. The molecule has 0 bridgehead atoms. The smallest absolute Gasteiger partial charge is 0.317 e. The van der Waals surface area contributed by atoms with Crippen LogP contribution < -0.4 is 9.64 Å². The van der Waals surface area contributed by atoms with Gasteiger partial charge in [0.25, 0.3) is 5.91 Å². The summed E-state index contributed by atoms with van der Waals surface area (Å²) >= 11 is 0. The topological polar surface area (TPSA) is 100 Å². The standard InChI is InChI=1S/C31H37N5O5/c1-33-28-20-35(21-29(37)38)12-10-26(28)32-30(33)31(39)36-11-4-8-25-24(7-3-9-27(25)36)22-5-2-6-23(19-22)41-18-15-34-13-16-40-17-14-34/h2-3,5-7,9,19H,4,8,10-18,20-21H2,1H3,(H,37,38). The van der Waals surface area contributed by atoms with Crippen molar-refractivity contribution in [3.63, 3.8) is 0 Å². The molecule has 6 rings (SSSR count). The molecule has 3 aliphatic heterocycles. The molecular formula is C31H37N5O5. The first-order valence-corrected chi connectivity index (χ1v) is 14.4. The van der Waals surface area contributed by atoms with Crippen molar-refractivity contribution >= 4 is 17.6 Å². The zero-order valence-electron chi connectivity index (χ0n) is 23.6. The molecule has 1 fully saturated rings. The van der Waals surface area contributed by atoms with Crippen LogP contribution in [0.4, 0.5) is 5.69 Å². The lowest BCUT2D eigenvalue weighted by Crippen LogP contribution is -2.38. The quantitative estimate of drug-likeness (QED) is 0.450. The molecule has 41 heavy (non-hydrogen) atoms. The number of morpholine rings is 1. The summed E-state index contributed by atoms with van der Waals surface area (Å²) in [6.45, 7) is 6.65. The molecule has 10 heteroatoms. The van der Waals surface area contributed by atoms with E-state index in [1.165, 1.54) is 0 Å². The predicted molar refractivity (Wildman–Crippen MR) is 154 cm³/mol. The van der Waals surface area contributed by atoms with E-state index < -0.39 is 5.97 Å². The van der Waals surface area contributed by atoms with Crippen molar-refractivity contribution in [3.8, 4) is 16.9 Å². The maximum atomic E-state index is 13.9. The highest BCUT2D eigenvalue weighted by atomic mass is 16.5. The van der Waals surface area contributed by atoms with Crippen molar-refractivity contribution in [1.82, 2.24) is 19.4 Å². The molecule has 2 aromatic carbocycles. The highest BCUT2D eigenvalue weighted by Gasteiger charge is 2.31. The molecule has 3 aromatic rings. The van der Waals surface area contributed by atoms with Gasteiger partial charge in [0.05, 0.1) is 31.1 Å². The molecule has 10 nitrogen and oxygen atoms in total. The minimum absolute atomic E-state index is 0.0176. The van der Waals surface area contributed by atoms with Crippen LogP contribution in [-0.4, -0.2) is 95.4 Å². The van der Waals surface area contributed by atoms with Gasteiger partial charge in [0.15, 0.2) is 5.82 Å². The van der Waals surface area contributed by atoms with Gasteiger partial charge in [-0.3, -0.25) is 19.4 Å². The number of nitrogens with zero attached hydrogens (tertiary/aromatic N) is 5. The Morgan fingerprint density at radius 1 is 1.02 bits per heavy atom. The monoisotopic (exact) mass is 559 g/mol. The number of carboxylic acid groups (broad SMARTS) is 1. The number of carbonyl (C=O) groups excluding carboxylic acids is 1. The third-order valence-electron chi connectivity index (χ3n) is 8.31. The third kappa shape index (κ3) is 5.86. The van der Waals surface area contributed by atoms with Crippen molar-refractivity contribution in [1.29, 1.82) is 0 Å². The Morgan fingerprint density at radius 2 is 1.85 bits per heavy atom. The van der Waals surface area contributed by atoms with E-state index in [4.69, 9.17) is 14.5 Å². The van der Waals surface area contributed by atoms with Crippen molar-refractivity contribution in [2.24, 2.45) is 7.05 Å². The Hall–Kier alpha value is -3.73. The Labute approximate surface area is 240 Å². The number of hydrogen-bond acceptors (Lipinski definition) is 7. The fourth-order valence-electron chi connectivity index (χ4n) is 6.16. The second-order valence-electron chi connectivity index (χ2n) is 10.9. The van der Waals surface area contributed by atoms with Crippen LogP contribution in [0, 0.1) is 0 Å². The van der Waals surface area contributed by atoms with Crippen LogP contribution in [0.1, 0.15) is 34.0 Å². The van der Waals surface area contributed by atoms with Crippen LogP contribution in [0.25, 0.3) is 11.1 Å². The number of ether oxygens (including phenoxy) is 2. The van der Waals surface area contributed by atoms with E-state index in [0.29, 0.717) is 38.5 Å². The summed E-state index contributed by atoms with van der Waals surface area (Å²) in [5, 5.41) is 9.21. The number of aliphatic carboxylic acids is 1. The highest BCUT2D eigenvalue weighted by Crippen LogP contribution is 2.37. The normalized spacial score (nSPS) is 17.6. The number of carbonyl (C=O) groups is 2. The molecule has 216 valence electrons. The van der Waals surface area contributed by atoms with E-state index in [0.717, 1.165) is 85.2 Å². The van der Waals surface area contributed by atoms with Crippen molar-refractivity contribution in [3.05, 3.63) is 65.2 Å². The molecule has 0 spiro atoms. The predicted octanol–water partition coefficient (Wildman–Crippen LogP) is 2.83. The van der Waals surface area contributed by atoms with E-state index in [9.17, 15) is 14.7 Å². The minimum atomic E-state index is -0.849. The molecule has 0 aliphatic carbocycles. The second-order valence-corrected chi connectivity index (χ2v) is 10.9. The fraction of sp³-hybridized carbons (Fsp3) is 0.452. The Kier molecular flexibility index (Phi) is 8.04. The Balaban J connectivity index is 1.21. The van der Waals surface area contributed by atoms with Crippen LogP contribution in [0.3, 0.4) is 0 Å². The summed E-state index contributed by atoms with van der Waals surface area (Å²) in [6, 6.07) is 14.4. The fourth-order valence-corrected chi connectivity index (χ4v) is 6.16. The van der Waals surface area contributed by atoms with Gasteiger partial charge in [0, 0.05) is 58.4 Å². The molecule has 1 saturated heterocycles. The van der Waals surface area contributed by atoms with Gasteiger partial charge in [0.2, 0.25) is 0 Å². The molecule has 0 atom stereocenters. The molecule has 0 unspecified atom stereocenters. The largest absolute Gasteiger partial charge is 0.492 e. The lowest BCUT2D eigenvalue weighted by Gasteiger charge is -2.31. The summed E-state index contributed by atoms with van der Waals surface area (Å²) in [5.41, 5.74) is 6.06. The third-order valence-corrected chi connectivity index (χ3v) is 8.31. The van der Waals surface area contributed by atoms with E-state index in [-0.39, 0.29) is 12.5 Å². The van der Waals surface area contributed by atoms with Crippen molar-refractivity contribution in [2.45, 2.75) is 25.8 Å². The first kappa shape index (κ1) is 27.4.